The number of hydrogen-bond donors (Lipinski definition) is 1. The van der Waals surface area contributed by atoms with Crippen molar-refractivity contribution in [1.29, 1.82) is 0 Å². The molecule has 0 aliphatic carbocycles. The highest BCUT2D eigenvalue weighted by Gasteiger charge is 2.03. The molecule has 0 aromatic heterocycles. The number of rotatable bonds is 5. The van der Waals surface area contributed by atoms with E-state index in [-0.39, 0.29) is 0 Å². The Labute approximate surface area is 124 Å². The van der Waals surface area contributed by atoms with Crippen molar-refractivity contribution in [3.63, 3.8) is 0 Å². The molecule has 1 N–H and O–H groups in total. The predicted molar refractivity (Wildman–Crippen MR) is 85.3 cm³/mol. The van der Waals surface area contributed by atoms with Gasteiger partial charge >= 0.3 is 0 Å². The van der Waals surface area contributed by atoms with Crippen molar-refractivity contribution in [1.82, 2.24) is 0 Å². The molecule has 0 atom stereocenters. The van der Waals surface area contributed by atoms with Crippen molar-refractivity contribution in [2.45, 2.75) is 13.8 Å². The Morgan fingerprint density at radius 1 is 1.14 bits per heavy atom. The van der Waals surface area contributed by atoms with Gasteiger partial charge in [0.1, 0.15) is 11.5 Å². The van der Waals surface area contributed by atoms with Crippen LogP contribution >= 0.6 is 0 Å². The highest BCUT2D eigenvalue weighted by molar-refractivity contribution is 6.38. The molecule has 2 aromatic rings. The SMILES string of the molecule is CCOc1ccc(C(C=Nc2ccccc2C)=NO)cc1. The second kappa shape index (κ2) is 7.24. The van der Waals surface area contributed by atoms with Crippen LogP contribution in [0.25, 0.3) is 0 Å². The summed E-state index contributed by atoms with van der Waals surface area (Å²) in [6.45, 7) is 4.54. The quantitative estimate of drug-likeness (QED) is 0.512. The van der Waals surface area contributed by atoms with Gasteiger partial charge in [0.25, 0.3) is 0 Å². The molecule has 0 fully saturated rings. The van der Waals surface area contributed by atoms with Crippen LogP contribution in [-0.4, -0.2) is 23.7 Å². The molecule has 4 nitrogen and oxygen atoms in total. The van der Waals surface area contributed by atoms with E-state index < -0.39 is 0 Å². The molecule has 0 heterocycles. The number of benzene rings is 2. The minimum absolute atomic E-state index is 0.404. The Morgan fingerprint density at radius 2 is 1.86 bits per heavy atom. The van der Waals surface area contributed by atoms with E-state index in [9.17, 15) is 0 Å². The standard InChI is InChI=1S/C17H18N2O2/c1-3-21-15-10-8-14(9-11-15)17(19-20)12-18-16-7-5-4-6-13(16)2/h4-12,20H,3H2,1-2H3. The maximum absolute atomic E-state index is 9.16. The van der Waals surface area contributed by atoms with Gasteiger partial charge in [-0.1, -0.05) is 23.4 Å². The van der Waals surface area contributed by atoms with E-state index in [1.165, 1.54) is 0 Å². The first-order chi connectivity index (χ1) is 10.2. The zero-order valence-electron chi connectivity index (χ0n) is 12.2. The van der Waals surface area contributed by atoms with E-state index >= 15 is 0 Å². The fourth-order valence-corrected chi connectivity index (χ4v) is 1.89. The van der Waals surface area contributed by atoms with Gasteiger partial charge in [0.2, 0.25) is 0 Å². The Bertz CT molecular complexity index is 646. The van der Waals surface area contributed by atoms with Crippen molar-refractivity contribution in [3.8, 4) is 5.75 Å². The lowest BCUT2D eigenvalue weighted by Crippen LogP contribution is -2.02. The van der Waals surface area contributed by atoms with Gasteiger partial charge < -0.3 is 9.94 Å². The second-order valence-corrected chi connectivity index (χ2v) is 4.49. The lowest BCUT2D eigenvalue weighted by molar-refractivity contribution is 0.320. The average Bonchev–Trinajstić information content (AvgIpc) is 2.51. The maximum atomic E-state index is 9.16. The molecule has 0 amide bonds. The van der Waals surface area contributed by atoms with E-state index in [0.29, 0.717) is 12.3 Å². The zero-order chi connectivity index (χ0) is 15.1. The van der Waals surface area contributed by atoms with Gasteiger partial charge in [0.05, 0.1) is 18.5 Å². The number of nitrogens with zero attached hydrogens (tertiary/aromatic N) is 2. The number of aliphatic imine (C=N–C) groups is 1. The molecular weight excluding hydrogens is 264 g/mol. The molecule has 0 saturated carbocycles. The molecule has 0 radical (unpaired) electrons. The lowest BCUT2D eigenvalue weighted by atomic mass is 10.1. The fraction of sp³-hybridized carbons (Fsp3) is 0.176. The summed E-state index contributed by atoms with van der Waals surface area (Å²) in [7, 11) is 0. The van der Waals surface area contributed by atoms with E-state index in [4.69, 9.17) is 9.94 Å². The van der Waals surface area contributed by atoms with Crippen LogP contribution in [0.15, 0.2) is 58.7 Å². The molecule has 0 saturated heterocycles. The molecule has 0 spiro atoms. The number of ether oxygens (including phenoxy) is 1. The normalized spacial score (nSPS) is 11.8. The molecular formula is C17H18N2O2. The molecule has 0 aliphatic heterocycles. The third kappa shape index (κ3) is 3.92. The Hall–Kier alpha value is -2.62. The summed E-state index contributed by atoms with van der Waals surface area (Å²) >= 11 is 0. The summed E-state index contributed by atoms with van der Waals surface area (Å²) in [5, 5.41) is 12.5. The largest absolute Gasteiger partial charge is 0.494 e. The van der Waals surface area contributed by atoms with Gasteiger partial charge in [-0.25, -0.2) is 0 Å². The van der Waals surface area contributed by atoms with Crippen molar-refractivity contribution >= 4 is 17.6 Å². The van der Waals surface area contributed by atoms with Crippen LogP contribution < -0.4 is 4.74 Å². The third-order valence-electron chi connectivity index (χ3n) is 3.01. The minimum atomic E-state index is 0.404. The van der Waals surface area contributed by atoms with Crippen LogP contribution in [0.3, 0.4) is 0 Å². The Kier molecular flexibility index (Phi) is 5.10. The lowest BCUT2D eigenvalue weighted by Gasteiger charge is -2.04. The van der Waals surface area contributed by atoms with Gasteiger partial charge in [-0.05, 0) is 49.7 Å². The first-order valence-corrected chi connectivity index (χ1v) is 6.79. The highest BCUT2D eigenvalue weighted by atomic mass is 16.5. The summed E-state index contributed by atoms with van der Waals surface area (Å²) in [4.78, 5) is 4.37. The van der Waals surface area contributed by atoms with Crippen molar-refractivity contribution in [3.05, 3.63) is 59.7 Å². The molecule has 21 heavy (non-hydrogen) atoms. The summed E-state index contributed by atoms with van der Waals surface area (Å²) < 4.78 is 5.38. The summed E-state index contributed by atoms with van der Waals surface area (Å²) in [5.74, 6) is 0.786. The van der Waals surface area contributed by atoms with Gasteiger partial charge in [0, 0.05) is 5.56 Å². The van der Waals surface area contributed by atoms with Gasteiger partial charge in [-0.3, -0.25) is 4.99 Å². The van der Waals surface area contributed by atoms with E-state index in [2.05, 4.69) is 10.1 Å². The van der Waals surface area contributed by atoms with Crippen LogP contribution in [0.4, 0.5) is 5.69 Å². The van der Waals surface area contributed by atoms with Crippen LogP contribution in [0, 0.1) is 6.92 Å². The Morgan fingerprint density at radius 3 is 2.48 bits per heavy atom. The second-order valence-electron chi connectivity index (χ2n) is 4.49. The van der Waals surface area contributed by atoms with Crippen molar-refractivity contribution < 1.29 is 9.94 Å². The number of oxime groups is 1. The highest BCUT2D eigenvalue weighted by Crippen LogP contribution is 2.17. The molecule has 0 bridgehead atoms. The Balaban J connectivity index is 2.19. The molecule has 0 aliphatic rings. The molecule has 108 valence electrons. The number of aryl methyl sites for hydroxylation is 1. The summed E-state index contributed by atoms with van der Waals surface area (Å²) in [6.07, 6.45) is 1.55. The zero-order valence-corrected chi connectivity index (χ0v) is 12.2. The van der Waals surface area contributed by atoms with E-state index in [1.54, 1.807) is 6.21 Å². The number of para-hydroxylation sites is 1. The number of hydrogen-bond acceptors (Lipinski definition) is 4. The topological polar surface area (TPSA) is 54.2 Å². The first-order valence-electron chi connectivity index (χ1n) is 6.79. The maximum Gasteiger partial charge on any atom is 0.128 e. The summed E-state index contributed by atoms with van der Waals surface area (Å²) in [5.41, 5.74) is 3.10. The van der Waals surface area contributed by atoms with Gasteiger partial charge in [0.15, 0.2) is 0 Å². The minimum Gasteiger partial charge on any atom is -0.494 e. The van der Waals surface area contributed by atoms with Crippen LogP contribution in [0.1, 0.15) is 18.1 Å². The molecule has 4 heteroatoms. The fourth-order valence-electron chi connectivity index (χ4n) is 1.89. The monoisotopic (exact) mass is 282 g/mol. The third-order valence-corrected chi connectivity index (χ3v) is 3.01. The van der Waals surface area contributed by atoms with E-state index in [0.717, 1.165) is 22.6 Å². The predicted octanol–water partition coefficient (Wildman–Crippen LogP) is 3.97. The van der Waals surface area contributed by atoms with Crippen LogP contribution in [0.2, 0.25) is 0 Å². The first kappa shape index (κ1) is 14.8. The van der Waals surface area contributed by atoms with Crippen molar-refractivity contribution in [2.75, 3.05) is 6.61 Å². The molecule has 2 aromatic carbocycles. The molecule has 0 unspecified atom stereocenters. The van der Waals surface area contributed by atoms with Crippen LogP contribution in [-0.2, 0) is 0 Å². The van der Waals surface area contributed by atoms with E-state index in [1.807, 2.05) is 62.4 Å². The van der Waals surface area contributed by atoms with Crippen LogP contribution in [0.5, 0.6) is 5.75 Å². The smallest absolute Gasteiger partial charge is 0.128 e. The van der Waals surface area contributed by atoms with Gasteiger partial charge in [-0.2, -0.15) is 0 Å². The molecule has 2 rings (SSSR count). The van der Waals surface area contributed by atoms with Gasteiger partial charge in [-0.15, -0.1) is 0 Å². The summed E-state index contributed by atoms with van der Waals surface area (Å²) in [6, 6.07) is 15.1. The average molecular weight is 282 g/mol. The van der Waals surface area contributed by atoms with Crippen molar-refractivity contribution in [2.24, 2.45) is 10.1 Å².